The molecule has 0 aliphatic heterocycles. The quantitative estimate of drug-likeness (QED) is 0.156. The molecule has 0 spiro atoms. The van der Waals surface area contributed by atoms with Crippen LogP contribution < -0.4 is 0 Å². The first kappa shape index (κ1) is 34.1. The molecule has 0 saturated heterocycles. The van der Waals surface area contributed by atoms with Crippen molar-refractivity contribution in [2.45, 2.75) is 6.92 Å². The molecule has 57 heavy (non-hydrogen) atoms. The lowest BCUT2D eigenvalue weighted by Crippen LogP contribution is -1.85. The highest BCUT2D eigenvalue weighted by molar-refractivity contribution is 6.16. The minimum atomic E-state index is 0.720. The molecule has 0 aliphatic carbocycles. The number of rotatable bonds is 8. The van der Waals surface area contributed by atoms with Crippen molar-refractivity contribution >= 4 is 50.6 Å². The van der Waals surface area contributed by atoms with Crippen LogP contribution in [0.2, 0.25) is 0 Å². The average Bonchev–Trinajstić information content (AvgIpc) is 3.84. The lowest BCUT2D eigenvalue weighted by molar-refractivity contribution is 0.590. The fraction of sp³-hybridized carbons (Fsp3) is 0.0182. The van der Waals surface area contributed by atoms with Crippen LogP contribution in [0.1, 0.15) is 23.8 Å². The molecule has 0 amide bonds. The fourth-order valence-electron chi connectivity index (χ4n) is 8.05. The summed E-state index contributed by atoms with van der Waals surface area (Å²) in [5, 5.41) is 3.07. The molecule has 10 rings (SSSR count). The van der Waals surface area contributed by atoms with Gasteiger partial charge in [0.1, 0.15) is 11.3 Å². The first-order valence-electron chi connectivity index (χ1n) is 19.3. The monoisotopic (exact) mass is 730 g/mol. The predicted molar refractivity (Wildman–Crippen MR) is 241 cm³/mol. The molecule has 0 fully saturated rings. The van der Waals surface area contributed by atoms with Crippen LogP contribution in [-0.2, 0) is 0 Å². The number of hydrogen-bond donors (Lipinski definition) is 0. The van der Waals surface area contributed by atoms with Gasteiger partial charge in [-0.2, -0.15) is 0 Å². The SMILES string of the molecule is C=Cc1oc2c(ccc3c4cc(-c5cccc(-c6cccc(-c7ccccc7)c6)c5)ccc4oc32)c1/C=C(\C)c1cccc(-c2cccc(-c3ccccc3)c2)c1. The van der Waals surface area contributed by atoms with Gasteiger partial charge in [0, 0.05) is 21.7 Å². The van der Waals surface area contributed by atoms with Gasteiger partial charge >= 0.3 is 0 Å². The maximum absolute atomic E-state index is 6.56. The predicted octanol–water partition coefficient (Wildman–Crippen LogP) is 15.9. The second kappa shape index (κ2) is 14.3. The van der Waals surface area contributed by atoms with Crippen molar-refractivity contribution in [1.82, 2.24) is 0 Å². The highest BCUT2D eigenvalue weighted by Gasteiger charge is 2.19. The zero-order valence-electron chi connectivity index (χ0n) is 31.6. The number of fused-ring (bicyclic) bond motifs is 5. The van der Waals surface area contributed by atoms with Gasteiger partial charge in [0.25, 0.3) is 0 Å². The summed E-state index contributed by atoms with van der Waals surface area (Å²) in [5.41, 5.74) is 17.4. The molecule has 0 unspecified atom stereocenters. The van der Waals surface area contributed by atoms with Crippen molar-refractivity contribution in [2.24, 2.45) is 0 Å². The van der Waals surface area contributed by atoms with E-state index in [2.05, 4.69) is 208 Å². The Morgan fingerprint density at radius 2 is 0.860 bits per heavy atom. The molecule has 2 nitrogen and oxygen atoms in total. The molecular formula is C55H38O2. The molecule has 0 N–H and O–H groups in total. The average molecular weight is 731 g/mol. The van der Waals surface area contributed by atoms with Gasteiger partial charge in [-0.25, -0.2) is 0 Å². The Morgan fingerprint density at radius 1 is 0.404 bits per heavy atom. The second-order valence-electron chi connectivity index (χ2n) is 14.6. The van der Waals surface area contributed by atoms with Gasteiger partial charge in [0.05, 0.1) is 0 Å². The van der Waals surface area contributed by atoms with Crippen LogP contribution in [0.3, 0.4) is 0 Å². The largest absolute Gasteiger partial charge is 0.452 e. The molecule has 0 aliphatic rings. The molecule has 2 heterocycles. The molecule has 0 atom stereocenters. The van der Waals surface area contributed by atoms with Crippen LogP contribution in [0.25, 0.3) is 106 Å². The third-order valence-corrected chi connectivity index (χ3v) is 11.0. The van der Waals surface area contributed by atoms with E-state index in [1.54, 1.807) is 6.08 Å². The summed E-state index contributed by atoms with van der Waals surface area (Å²) in [6.07, 6.45) is 4.00. The molecule has 270 valence electrons. The topological polar surface area (TPSA) is 26.3 Å². The summed E-state index contributed by atoms with van der Waals surface area (Å²) in [7, 11) is 0. The van der Waals surface area contributed by atoms with E-state index in [0.717, 1.165) is 66.5 Å². The number of allylic oxidation sites excluding steroid dienone is 1. The molecule has 0 saturated carbocycles. The van der Waals surface area contributed by atoms with E-state index in [1.165, 1.54) is 44.5 Å². The first-order valence-corrected chi connectivity index (χ1v) is 19.3. The van der Waals surface area contributed by atoms with E-state index in [0.29, 0.717) is 0 Å². The zero-order valence-corrected chi connectivity index (χ0v) is 31.6. The Morgan fingerprint density at radius 3 is 1.42 bits per heavy atom. The van der Waals surface area contributed by atoms with Crippen LogP contribution in [0.15, 0.2) is 203 Å². The second-order valence-corrected chi connectivity index (χ2v) is 14.6. The Kier molecular flexibility index (Phi) is 8.58. The molecule has 0 bridgehead atoms. The van der Waals surface area contributed by atoms with Crippen LogP contribution >= 0.6 is 0 Å². The fourth-order valence-corrected chi connectivity index (χ4v) is 8.05. The number of hydrogen-bond acceptors (Lipinski definition) is 2. The van der Waals surface area contributed by atoms with E-state index in [-0.39, 0.29) is 0 Å². The maximum Gasteiger partial charge on any atom is 0.178 e. The molecule has 8 aromatic carbocycles. The smallest absolute Gasteiger partial charge is 0.178 e. The lowest BCUT2D eigenvalue weighted by Gasteiger charge is -2.09. The van der Waals surface area contributed by atoms with E-state index in [4.69, 9.17) is 8.83 Å². The van der Waals surface area contributed by atoms with E-state index in [1.807, 2.05) is 0 Å². The lowest BCUT2D eigenvalue weighted by atomic mass is 9.95. The normalized spacial score (nSPS) is 11.8. The van der Waals surface area contributed by atoms with Crippen LogP contribution in [0.5, 0.6) is 0 Å². The first-order chi connectivity index (χ1) is 28.1. The van der Waals surface area contributed by atoms with Gasteiger partial charge in [0.15, 0.2) is 11.2 Å². The summed E-state index contributed by atoms with van der Waals surface area (Å²) >= 11 is 0. The third kappa shape index (κ3) is 6.38. The van der Waals surface area contributed by atoms with Gasteiger partial charge in [-0.3, -0.25) is 0 Å². The summed E-state index contributed by atoms with van der Waals surface area (Å²) in [6, 6.07) is 66.8. The van der Waals surface area contributed by atoms with Crippen molar-refractivity contribution in [2.75, 3.05) is 0 Å². The van der Waals surface area contributed by atoms with E-state index >= 15 is 0 Å². The van der Waals surface area contributed by atoms with Crippen molar-refractivity contribution in [3.8, 4) is 55.6 Å². The van der Waals surface area contributed by atoms with Gasteiger partial charge in [0.2, 0.25) is 0 Å². The highest BCUT2D eigenvalue weighted by atomic mass is 16.4. The molecule has 2 aromatic heterocycles. The summed E-state index contributed by atoms with van der Waals surface area (Å²) in [5.74, 6) is 0.720. The van der Waals surface area contributed by atoms with Gasteiger partial charge in [-0.1, -0.05) is 146 Å². The van der Waals surface area contributed by atoms with E-state index in [9.17, 15) is 0 Å². The van der Waals surface area contributed by atoms with Crippen molar-refractivity contribution < 1.29 is 8.83 Å². The maximum atomic E-state index is 6.56. The van der Waals surface area contributed by atoms with E-state index < -0.39 is 0 Å². The van der Waals surface area contributed by atoms with Crippen molar-refractivity contribution in [3.05, 3.63) is 212 Å². The summed E-state index contributed by atoms with van der Waals surface area (Å²) in [6.45, 7) is 6.27. The van der Waals surface area contributed by atoms with Crippen LogP contribution in [0.4, 0.5) is 0 Å². The molecule has 10 aromatic rings. The highest BCUT2D eigenvalue weighted by Crippen LogP contribution is 2.41. The van der Waals surface area contributed by atoms with Crippen molar-refractivity contribution in [3.63, 3.8) is 0 Å². The molecule has 2 heteroatoms. The molecular weight excluding hydrogens is 693 g/mol. The molecule has 0 radical (unpaired) electrons. The Bertz CT molecular complexity index is 3140. The van der Waals surface area contributed by atoms with Crippen molar-refractivity contribution in [1.29, 1.82) is 0 Å². The van der Waals surface area contributed by atoms with Gasteiger partial charge in [-0.15, -0.1) is 0 Å². The Hall–Kier alpha value is -7.42. The van der Waals surface area contributed by atoms with Gasteiger partial charge < -0.3 is 8.83 Å². The minimum absolute atomic E-state index is 0.720. The van der Waals surface area contributed by atoms with Crippen LogP contribution in [-0.4, -0.2) is 0 Å². The summed E-state index contributed by atoms with van der Waals surface area (Å²) in [4.78, 5) is 0. The Balaban J connectivity index is 0.989. The zero-order chi connectivity index (χ0) is 38.3. The minimum Gasteiger partial charge on any atom is -0.452 e. The summed E-state index contributed by atoms with van der Waals surface area (Å²) < 4.78 is 13.1. The van der Waals surface area contributed by atoms with Gasteiger partial charge in [-0.05, 0) is 134 Å². The van der Waals surface area contributed by atoms with Crippen LogP contribution in [0, 0.1) is 0 Å². The number of furan rings is 2. The standard InChI is InChI=1S/C55H38O2/c1-3-52-50(30-36(2)39-18-10-21-42(31-39)43-22-11-19-40(32-43)37-14-6-4-7-15-37)48-27-28-49-51-35-47(26-29-53(51)57-55(49)54(48)56-52)46-25-13-24-45(34-46)44-23-12-20-41(33-44)38-16-8-5-9-17-38/h3-35H,1H2,2H3/b36-30+. The number of benzene rings is 8. The Labute approximate surface area is 332 Å². The third-order valence-electron chi connectivity index (χ3n) is 11.0.